The lowest BCUT2D eigenvalue weighted by Crippen LogP contribution is -2.46. The van der Waals surface area contributed by atoms with Gasteiger partial charge in [-0.3, -0.25) is 4.79 Å². The number of carbonyl (C=O) groups is 1. The third-order valence-electron chi connectivity index (χ3n) is 7.83. The summed E-state index contributed by atoms with van der Waals surface area (Å²) >= 11 is 0. The molecule has 0 saturated carbocycles. The van der Waals surface area contributed by atoms with Crippen molar-refractivity contribution in [1.29, 1.82) is 0 Å². The van der Waals surface area contributed by atoms with E-state index in [0.29, 0.717) is 5.75 Å². The van der Waals surface area contributed by atoms with Crippen LogP contribution in [0.15, 0.2) is 78.9 Å². The van der Waals surface area contributed by atoms with Gasteiger partial charge in [0.05, 0.1) is 10.8 Å². The highest BCUT2D eigenvalue weighted by Gasteiger charge is 2.55. The van der Waals surface area contributed by atoms with E-state index >= 15 is 0 Å². The summed E-state index contributed by atoms with van der Waals surface area (Å²) in [5, 5.41) is 11.5. The van der Waals surface area contributed by atoms with Crippen LogP contribution in [-0.4, -0.2) is 17.7 Å². The summed E-state index contributed by atoms with van der Waals surface area (Å²) in [4.78, 5) is 13.0. The highest BCUT2D eigenvalue weighted by Crippen LogP contribution is 2.63. The fraction of sp³-hybridized carbons (Fsp3) is 0.265. The van der Waals surface area contributed by atoms with Crippen LogP contribution in [0.2, 0.25) is 0 Å². The number of rotatable bonds is 4. The summed E-state index contributed by atoms with van der Waals surface area (Å²) < 4.78 is 12.7. The molecule has 4 nitrogen and oxygen atoms in total. The number of hydrogen-bond acceptors (Lipinski definition) is 4. The Morgan fingerprint density at radius 1 is 0.868 bits per heavy atom. The van der Waals surface area contributed by atoms with Crippen molar-refractivity contribution in [3.8, 4) is 17.2 Å². The zero-order valence-electron chi connectivity index (χ0n) is 22.5. The molecule has 0 fully saturated rings. The molecule has 2 bridgehead atoms. The normalized spacial score (nSPS) is 18.8. The van der Waals surface area contributed by atoms with E-state index in [4.69, 9.17) is 9.47 Å². The second-order valence-electron chi connectivity index (χ2n) is 11.6. The Kier molecular flexibility index (Phi) is 5.43. The number of carbonyl (C=O) groups excluding carboxylic acids is 1. The van der Waals surface area contributed by atoms with Crippen LogP contribution in [0.1, 0.15) is 71.2 Å². The Hall–Kier alpha value is -4.05. The van der Waals surface area contributed by atoms with Crippen LogP contribution in [0.3, 0.4) is 0 Å². The molecule has 7 rings (SSSR count). The molecule has 0 aliphatic heterocycles. The van der Waals surface area contributed by atoms with Gasteiger partial charge in [0.2, 0.25) is 0 Å². The van der Waals surface area contributed by atoms with Gasteiger partial charge < -0.3 is 14.6 Å². The Morgan fingerprint density at radius 2 is 1.45 bits per heavy atom. The summed E-state index contributed by atoms with van der Waals surface area (Å²) in [6, 6.07) is 26.3. The van der Waals surface area contributed by atoms with Crippen molar-refractivity contribution in [2.24, 2.45) is 5.41 Å². The van der Waals surface area contributed by atoms with Gasteiger partial charge in [0.25, 0.3) is 0 Å². The highest BCUT2D eigenvalue weighted by atomic mass is 16.5. The number of phenols is 1. The maximum Gasteiger partial charge on any atom is 0.316 e. The first-order valence-corrected chi connectivity index (χ1v) is 13.1. The third-order valence-corrected chi connectivity index (χ3v) is 7.83. The van der Waals surface area contributed by atoms with Crippen LogP contribution >= 0.6 is 0 Å². The molecule has 1 N–H and O–H groups in total. The lowest BCUT2D eigenvalue weighted by Gasteiger charge is -2.50. The lowest BCUT2D eigenvalue weighted by atomic mass is 9.53. The van der Waals surface area contributed by atoms with Crippen LogP contribution < -0.4 is 9.47 Å². The number of esters is 1. The average molecular weight is 505 g/mol. The molecule has 0 spiro atoms. The minimum atomic E-state index is -0.789. The number of benzene rings is 4. The second kappa shape index (κ2) is 8.49. The first-order chi connectivity index (χ1) is 18.1. The standard InChI is InChI=1S/C34H32O4/c1-20-16-21(2)18-22(17-20)37-19-34-25-12-8-6-10-23(25)29(24-11-7-9-13-26(24)34)30-28(15-14-27(35)31(30)34)38-32(36)33(3,4)5/h6-18,29,35H,19H2,1-5H3. The molecule has 3 aliphatic rings. The number of aromatic hydroxyl groups is 1. The van der Waals surface area contributed by atoms with Crippen LogP contribution in [-0.2, 0) is 10.2 Å². The van der Waals surface area contributed by atoms with Crippen molar-refractivity contribution in [2.75, 3.05) is 6.61 Å². The Labute approximate surface area is 223 Å². The van der Waals surface area contributed by atoms with Gasteiger partial charge in [0, 0.05) is 17.0 Å². The van der Waals surface area contributed by atoms with Crippen molar-refractivity contribution in [2.45, 2.75) is 46.0 Å². The summed E-state index contributed by atoms with van der Waals surface area (Å²) in [5.41, 5.74) is 6.89. The van der Waals surface area contributed by atoms with Crippen molar-refractivity contribution >= 4 is 5.97 Å². The van der Waals surface area contributed by atoms with E-state index in [9.17, 15) is 9.90 Å². The fourth-order valence-corrected chi connectivity index (χ4v) is 6.27. The maximum atomic E-state index is 13.0. The third kappa shape index (κ3) is 3.54. The Morgan fingerprint density at radius 3 is 2.03 bits per heavy atom. The monoisotopic (exact) mass is 504 g/mol. The minimum Gasteiger partial charge on any atom is -0.508 e. The van der Waals surface area contributed by atoms with Crippen LogP contribution in [0.25, 0.3) is 0 Å². The molecular formula is C34H32O4. The molecule has 0 aromatic heterocycles. The molecule has 0 radical (unpaired) electrons. The smallest absolute Gasteiger partial charge is 0.316 e. The predicted molar refractivity (Wildman–Crippen MR) is 148 cm³/mol. The van der Waals surface area contributed by atoms with Gasteiger partial charge in [-0.1, -0.05) is 54.6 Å². The molecule has 4 aromatic carbocycles. The summed E-state index contributed by atoms with van der Waals surface area (Å²) in [6.07, 6.45) is 0. The van der Waals surface area contributed by atoms with Crippen LogP contribution in [0, 0.1) is 19.3 Å². The van der Waals surface area contributed by atoms with Crippen LogP contribution in [0.4, 0.5) is 0 Å². The SMILES string of the molecule is Cc1cc(C)cc(OCC23c4ccccc4C(c4ccccc42)c2c(OC(=O)C(C)(C)C)ccc(O)c23)c1. The van der Waals surface area contributed by atoms with Crippen LogP contribution in [0.5, 0.6) is 17.2 Å². The number of aryl methyl sites for hydroxylation is 2. The largest absolute Gasteiger partial charge is 0.508 e. The van der Waals surface area contributed by atoms with E-state index in [2.05, 4.69) is 44.2 Å². The molecular weight excluding hydrogens is 472 g/mol. The number of ether oxygens (including phenoxy) is 2. The first-order valence-electron chi connectivity index (χ1n) is 13.1. The maximum absolute atomic E-state index is 13.0. The molecule has 0 atom stereocenters. The van der Waals surface area contributed by atoms with Crippen molar-refractivity contribution in [3.63, 3.8) is 0 Å². The topological polar surface area (TPSA) is 55.8 Å². The molecule has 0 saturated heterocycles. The zero-order chi connectivity index (χ0) is 26.8. The molecule has 4 heteroatoms. The van der Waals surface area contributed by atoms with Gasteiger partial charge in [0.15, 0.2) is 0 Å². The van der Waals surface area contributed by atoms with Gasteiger partial charge in [-0.15, -0.1) is 0 Å². The minimum absolute atomic E-state index is 0.171. The van der Waals surface area contributed by atoms with E-state index in [0.717, 1.165) is 50.3 Å². The zero-order valence-corrected chi connectivity index (χ0v) is 22.5. The van der Waals surface area contributed by atoms with Crippen molar-refractivity contribution < 1.29 is 19.4 Å². The molecule has 0 unspecified atom stereocenters. The molecule has 3 aliphatic carbocycles. The van der Waals surface area contributed by atoms with Crippen molar-refractivity contribution in [1.82, 2.24) is 0 Å². The Balaban J connectivity index is 1.62. The fourth-order valence-electron chi connectivity index (χ4n) is 6.27. The second-order valence-corrected chi connectivity index (χ2v) is 11.6. The van der Waals surface area contributed by atoms with Gasteiger partial charge in [-0.25, -0.2) is 0 Å². The predicted octanol–water partition coefficient (Wildman–Crippen LogP) is 7.18. The highest BCUT2D eigenvalue weighted by molar-refractivity contribution is 5.81. The van der Waals surface area contributed by atoms with E-state index in [1.807, 2.05) is 57.2 Å². The first kappa shape index (κ1) is 24.3. The molecule has 192 valence electrons. The molecule has 4 aromatic rings. The van der Waals surface area contributed by atoms with E-state index in [1.165, 1.54) is 0 Å². The van der Waals surface area contributed by atoms with Crippen molar-refractivity contribution in [3.05, 3.63) is 123 Å². The van der Waals surface area contributed by atoms with E-state index in [-0.39, 0.29) is 24.2 Å². The summed E-state index contributed by atoms with van der Waals surface area (Å²) in [6.45, 7) is 9.94. The molecule has 0 amide bonds. The average Bonchev–Trinajstić information content (AvgIpc) is 2.88. The quantitative estimate of drug-likeness (QED) is 0.236. The van der Waals surface area contributed by atoms with Gasteiger partial charge in [-0.2, -0.15) is 0 Å². The lowest BCUT2D eigenvalue weighted by molar-refractivity contribution is -0.143. The summed E-state index contributed by atoms with van der Waals surface area (Å²) in [7, 11) is 0. The Bertz CT molecular complexity index is 1520. The number of phenolic OH excluding ortho intramolecular Hbond substituents is 1. The van der Waals surface area contributed by atoms with Gasteiger partial charge in [-0.05, 0) is 92.3 Å². The van der Waals surface area contributed by atoms with Gasteiger partial charge in [0.1, 0.15) is 23.9 Å². The van der Waals surface area contributed by atoms with E-state index < -0.39 is 10.8 Å². The van der Waals surface area contributed by atoms with E-state index in [1.54, 1.807) is 12.1 Å². The van der Waals surface area contributed by atoms with Gasteiger partial charge >= 0.3 is 5.97 Å². The summed E-state index contributed by atoms with van der Waals surface area (Å²) in [5.74, 6) is 0.969. The molecule has 38 heavy (non-hydrogen) atoms. The molecule has 0 heterocycles. The number of hydrogen-bond donors (Lipinski definition) is 1.